The minimum atomic E-state index is -0.131. The van der Waals surface area contributed by atoms with Crippen LogP contribution >= 0.6 is 0 Å². The molecule has 0 spiro atoms. The Morgan fingerprint density at radius 2 is 1.60 bits per heavy atom. The fourth-order valence-corrected chi connectivity index (χ4v) is 3.31. The molecule has 2 aromatic rings. The second-order valence-corrected chi connectivity index (χ2v) is 6.97. The average molecular weight is 334 g/mol. The molecule has 0 aromatic heterocycles. The molecule has 25 heavy (non-hydrogen) atoms. The van der Waals surface area contributed by atoms with Crippen molar-refractivity contribution in [2.45, 2.75) is 44.6 Å². The van der Waals surface area contributed by atoms with Crippen molar-refractivity contribution >= 4 is 17.5 Å². The third kappa shape index (κ3) is 3.73. The topological polar surface area (TPSA) is 58.2 Å². The number of nitrogens with one attached hydrogen (secondary N) is 2. The maximum absolute atomic E-state index is 12.6. The molecule has 2 aliphatic carbocycles. The molecule has 1 fully saturated rings. The van der Waals surface area contributed by atoms with Crippen LogP contribution in [-0.4, -0.2) is 17.9 Å². The maximum Gasteiger partial charge on any atom is 0.255 e. The number of hydrogen-bond acceptors (Lipinski definition) is 2. The molecule has 0 radical (unpaired) electrons. The minimum Gasteiger partial charge on any atom is -0.349 e. The van der Waals surface area contributed by atoms with Gasteiger partial charge in [-0.15, -0.1) is 0 Å². The van der Waals surface area contributed by atoms with E-state index in [9.17, 15) is 9.59 Å². The predicted octanol–water partition coefficient (Wildman–Crippen LogP) is 3.71. The fraction of sp³-hybridized carbons (Fsp3) is 0.333. The van der Waals surface area contributed by atoms with Gasteiger partial charge in [0.1, 0.15) is 0 Å². The molecule has 2 amide bonds. The molecule has 4 nitrogen and oxygen atoms in total. The summed E-state index contributed by atoms with van der Waals surface area (Å²) in [5.41, 5.74) is 4.55. The number of fused-ring (bicyclic) bond motifs is 1. The van der Waals surface area contributed by atoms with E-state index in [1.165, 1.54) is 24.0 Å². The van der Waals surface area contributed by atoms with Crippen LogP contribution in [0.3, 0.4) is 0 Å². The molecular formula is C21H22N2O2. The third-order valence-electron chi connectivity index (χ3n) is 4.91. The van der Waals surface area contributed by atoms with Gasteiger partial charge in [-0.25, -0.2) is 0 Å². The summed E-state index contributed by atoms with van der Waals surface area (Å²) in [4.78, 5) is 24.7. The first kappa shape index (κ1) is 15.9. The van der Waals surface area contributed by atoms with Crippen molar-refractivity contribution in [3.8, 4) is 0 Å². The van der Waals surface area contributed by atoms with Crippen LogP contribution < -0.4 is 10.6 Å². The number of hydrogen-bond donors (Lipinski definition) is 2. The Hall–Kier alpha value is -2.62. The Morgan fingerprint density at radius 1 is 0.840 bits per heavy atom. The minimum absolute atomic E-state index is 0.0765. The van der Waals surface area contributed by atoms with Crippen LogP contribution in [-0.2, 0) is 12.8 Å². The summed E-state index contributed by atoms with van der Waals surface area (Å²) in [5.74, 6) is -0.208. The van der Waals surface area contributed by atoms with Crippen LogP contribution in [0.15, 0.2) is 42.5 Å². The van der Waals surface area contributed by atoms with Crippen molar-refractivity contribution < 1.29 is 9.59 Å². The van der Waals surface area contributed by atoms with E-state index in [-0.39, 0.29) is 11.8 Å². The van der Waals surface area contributed by atoms with E-state index >= 15 is 0 Å². The zero-order chi connectivity index (χ0) is 17.2. The third-order valence-corrected chi connectivity index (χ3v) is 4.91. The quantitative estimate of drug-likeness (QED) is 0.895. The van der Waals surface area contributed by atoms with Crippen molar-refractivity contribution in [3.05, 3.63) is 64.7 Å². The van der Waals surface area contributed by atoms with Crippen LogP contribution in [0.2, 0.25) is 0 Å². The van der Waals surface area contributed by atoms with E-state index < -0.39 is 0 Å². The SMILES string of the molecule is O=C(Nc1cccc(C(=O)NC2CC2)c1)c1ccc2c(c1)CCCC2. The second kappa shape index (κ2) is 6.71. The lowest BCUT2D eigenvalue weighted by atomic mass is 9.90. The summed E-state index contributed by atoms with van der Waals surface area (Å²) in [7, 11) is 0. The van der Waals surface area contributed by atoms with Crippen molar-refractivity contribution in [2.75, 3.05) is 5.32 Å². The zero-order valence-electron chi connectivity index (χ0n) is 14.2. The summed E-state index contributed by atoms with van der Waals surface area (Å²) in [6, 6.07) is 13.4. The Bertz CT molecular complexity index is 824. The summed E-state index contributed by atoms with van der Waals surface area (Å²) < 4.78 is 0. The van der Waals surface area contributed by atoms with E-state index in [1.807, 2.05) is 18.2 Å². The number of benzene rings is 2. The van der Waals surface area contributed by atoms with Crippen molar-refractivity contribution in [3.63, 3.8) is 0 Å². The molecule has 1 saturated carbocycles. The van der Waals surface area contributed by atoms with Gasteiger partial charge >= 0.3 is 0 Å². The molecule has 128 valence electrons. The first-order chi connectivity index (χ1) is 12.2. The Kier molecular flexibility index (Phi) is 4.26. The molecular weight excluding hydrogens is 312 g/mol. The molecule has 0 bridgehead atoms. The average Bonchev–Trinajstić information content (AvgIpc) is 3.45. The molecule has 2 aliphatic rings. The molecule has 0 atom stereocenters. The number of rotatable bonds is 4. The smallest absolute Gasteiger partial charge is 0.255 e. The van der Waals surface area contributed by atoms with Crippen molar-refractivity contribution in [1.29, 1.82) is 0 Å². The summed E-state index contributed by atoms with van der Waals surface area (Å²) in [6.07, 6.45) is 6.69. The van der Waals surface area contributed by atoms with Gasteiger partial charge in [0.15, 0.2) is 0 Å². The largest absolute Gasteiger partial charge is 0.349 e. The van der Waals surface area contributed by atoms with Crippen LogP contribution in [0.25, 0.3) is 0 Å². The second-order valence-electron chi connectivity index (χ2n) is 6.97. The van der Waals surface area contributed by atoms with Gasteiger partial charge in [0.05, 0.1) is 0 Å². The van der Waals surface area contributed by atoms with E-state index in [0.717, 1.165) is 25.7 Å². The fourth-order valence-electron chi connectivity index (χ4n) is 3.31. The van der Waals surface area contributed by atoms with Crippen LogP contribution in [0.1, 0.15) is 57.5 Å². The lowest BCUT2D eigenvalue weighted by molar-refractivity contribution is 0.0949. The molecule has 0 heterocycles. The molecule has 0 unspecified atom stereocenters. The van der Waals surface area contributed by atoms with Crippen LogP contribution in [0, 0.1) is 0 Å². The van der Waals surface area contributed by atoms with E-state index in [2.05, 4.69) is 16.7 Å². The Labute approximate surface area is 147 Å². The number of amides is 2. The lowest BCUT2D eigenvalue weighted by Gasteiger charge is -2.16. The lowest BCUT2D eigenvalue weighted by Crippen LogP contribution is -2.25. The summed E-state index contributed by atoms with van der Waals surface area (Å²) in [5, 5.41) is 5.88. The van der Waals surface area contributed by atoms with Gasteiger partial charge < -0.3 is 10.6 Å². The standard InChI is InChI=1S/C21H22N2O2/c24-20(22-18-10-11-18)16-6-3-7-19(13-16)23-21(25)17-9-8-14-4-1-2-5-15(14)12-17/h3,6-9,12-13,18H,1-2,4-5,10-11H2,(H,22,24)(H,23,25). The van der Waals surface area contributed by atoms with Gasteiger partial charge in [-0.3, -0.25) is 9.59 Å². The molecule has 0 saturated heterocycles. The van der Waals surface area contributed by atoms with Gasteiger partial charge in [0.2, 0.25) is 0 Å². The van der Waals surface area contributed by atoms with Gasteiger partial charge in [-0.05, 0) is 80.0 Å². The van der Waals surface area contributed by atoms with Crippen LogP contribution in [0.4, 0.5) is 5.69 Å². The monoisotopic (exact) mass is 334 g/mol. The highest BCUT2D eigenvalue weighted by molar-refractivity contribution is 6.05. The number of carbonyl (C=O) groups is 2. The number of anilines is 1. The van der Waals surface area contributed by atoms with E-state index in [4.69, 9.17) is 0 Å². The predicted molar refractivity (Wildman–Crippen MR) is 98.0 cm³/mol. The zero-order valence-corrected chi connectivity index (χ0v) is 14.2. The molecule has 2 aromatic carbocycles. The van der Waals surface area contributed by atoms with E-state index in [0.29, 0.717) is 22.9 Å². The molecule has 2 N–H and O–H groups in total. The highest BCUT2D eigenvalue weighted by Crippen LogP contribution is 2.23. The Morgan fingerprint density at radius 3 is 2.40 bits per heavy atom. The molecule has 4 rings (SSSR count). The Balaban J connectivity index is 1.47. The van der Waals surface area contributed by atoms with Gasteiger partial charge in [-0.2, -0.15) is 0 Å². The van der Waals surface area contributed by atoms with Gasteiger partial charge in [0.25, 0.3) is 11.8 Å². The van der Waals surface area contributed by atoms with Gasteiger partial charge in [-0.1, -0.05) is 12.1 Å². The molecule has 0 aliphatic heterocycles. The maximum atomic E-state index is 12.6. The summed E-state index contributed by atoms with van der Waals surface area (Å²) >= 11 is 0. The molecule has 4 heteroatoms. The number of aryl methyl sites for hydroxylation is 2. The highest BCUT2D eigenvalue weighted by atomic mass is 16.2. The van der Waals surface area contributed by atoms with Gasteiger partial charge in [0, 0.05) is 22.9 Å². The highest BCUT2D eigenvalue weighted by Gasteiger charge is 2.23. The first-order valence-electron chi connectivity index (χ1n) is 9.03. The van der Waals surface area contributed by atoms with Crippen molar-refractivity contribution in [1.82, 2.24) is 5.32 Å². The van der Waals surface area contributed by atoms with Crippen molar-refractivity contribution in [2.24, 2.45) is 0 Å². The van der Waals surface area contributed by atoms with Crippen LogP contribution in [0.5, 0.6) is 0 Å². The summed E-state index contributed by atoms with van der Waals surface area (Å²) in [6.45, 7) is 0. The first-order valence-corrected chi connectivity index (χ1v) is 9.03. The number of carbonyl (C=O) groups excluding carboxylic acids is 2. The normalized spacial score (nSPS) is 16.0. The van der Waals surface area contributed by atoms with E-state index in [1.54, 1.807) is 18.2 Å².